The molecular weight excluding hydrogens is 292 g/mol. The molecule has 0 aromatic heterocycles. The Morgan fingerprint density at radius 3 is 2.90 bits per heavy atom. The summed E-state index contributed by atoms with van der Waals surface area (Å²) in [5.41, 5.74) is 0.509. The lowest BCUT2D eigenvalue weighted by molar-refractivity contribution is -0.143. The summed E-state index contributed by atoms with van der Waals surface area (Å²) in [6.07, 6.45) is 0.805. The maximum atomic E-state index is 12.1. The van der Waals surface area contributed by atoms with E-state index in [1.54, 1.807) is 6.07 Å². The lowest BCUT2D eigenvalue weighted by Gasteiger charge is -2.19. The van der Waals surface area contributed by atoms with Crippen molar-refractivity contribution in [3.05, 3.63) is 28.8 Å². The quantitative estimate of drug-likeness (QED) is 0.757. The third-order valence-corrected chi connectivity index (χ3v) is 3.41. The van der Waals surface area contributed by atoms with Crippen LogP contribution in [0.1, 0.15) is 12.0 Å². The second-order valence-electron chi connectivity index (χ2n) is 4.65. The molecule has 1 saturated heterocycles. The van der Waals surface area contributed by atoms with Crippen molar-refractivity contribution in [2.24, 2.45) is 0 Å². The lowest BCUT2D eigenvalue weighted by Crippen LogP contribution is -2.41. The molecule has 0 saturated carbocycles. The van der Waals surface area contributed by atoms with Gasteiger partial charge in [0.1, 0.15) is 6.07 Å². The van der Waals surface area contributed by atoms with Crippen LogP contribution in [0.4, 0.5) is 5.69 Å². The van der Waals surface area contributed by atoms with Gasteiger partial charge in [0.2, 0.25) is 0 Å². The minimum Gasteiger partial charge on any atom is -0.333 e. The fourth-order valence-corrected chi connectivity index (χ4v) is 2.26. The number of rotatable bonds is 1. The molecule has 6 nitrogen and oxygen atoms in total. The highest BCUT2D eigenvalue weighted by Crippen LogP contribution is 2.20. The lowest BCUT2D eigenvalue weighted by atomic mass is 10.2. The van der Waals surface area contributed by atoms with Crippen LogP contribution in [0.15, 0.2) is 18.2 Å². The standard InChI is InChI=1S/C14H15ClN4O2/c15-11-3-2-10(9-16)12(8-11)18-13(20)14(21)19-6-1-4-17-5-7-19/h2-3,8,17H,1,4-7H2,(H,18,20). The SMILES string of the molecule is N#Cc1ccc(Cl)cc1NC(=O)C(=O)N1CCCNCC1. The molecule has 0 bridgehead atoms. The number of nitrogens with zero attached hydrogens (tertiary/aromatic N) is 2. The third kappa shape index (κ3) is 3.94. The summed E-state index contributed by atoms with van der Waals surface area (Å²) in [5.74, 6) is -1.35. The van der Waals surface area contributed by atoms with Gasteiger partial charge in [0.25, 0.3) is 0 Å². The van der Waals surface area contributed by atoms with Crippen molar-refractivity contribution in [3.63, 3.8) is 0 Å². The third-order valence-electron chi connectivity index (χ3n) is 3.17. The molecule has 110 valence electrons. The van der Waals surface area contributed by atoms with E-state index in [1.807, 2.05) is 6.07 Å². The number of hydrogen-bond donors (Lipinski definition) is 2. The summed E-state index contributed by atoms with van der Waals surface area (Å²) < 4.78 is 0. The molecule has 2 N–H and O–H groups in total. The number of carbonyl (C=O) groups is 2. The van der Waals surface area contributed by atoms with E-state index < -0.39 is 11.8 Å². The van der Waals surface area contributed by atoms with Gasteiger partial charge in [-0.05, 0) is 31.2 Å². The Kier molecular flexibility index (Phi) is 5.14. The van der Waals surface area contributed by atoms with Gasteiger partial charge in [-0.3, -0.25) is 9.59 Å². The highest BCUT2D eigenvalue weighted by atomic mass is 35.5. The van der Waals surface area contributed by atoms with Crippen LogP contribution in [0, 0.1) is 11.3 Å². The van der Waals surface area contributed by atoms with Crippen molar-refractivity contribution in [1.82, 2.24) is 10.2 Å². The number of hydrogen-bond acceptors (Lipinski definition) is 4. The molecule has 7 heteroatoms. The van der Waals surface area contributed by atoms with Crippen LogP contribution in [0.25, 0.3) is 0 Å². The number of anilines is 1. The van der Waals surface area contributed by atoms with Gasteiger partial charge >= 0.3 is 11.8 Å². The van der Waals surface area contributed by atoms with Crippen molar-refractivity contribution in [2.75, 3.05) is 31.5 Å². The summed E-state index contributed by atoms with van der Waals surface area (Å²) in [6, 6.07) is 6.45. The van der Waals surface area contributed by atoms with Crippen molar-refractivity contribution in [1.29, 1.82) is 5.26 Å². The first-order valence-corrected chi connectivity index (χ1v) is 7.00. The summed E-state index contributed by atoms with van der Waals surface area (Å²) in [4.78, 5) is 25.6. The van der Waals surface area contributed by atoms with Crippen LogP contribution < -0.4 is 10.6 Å². The second kappa shape index (κ2) is 7.07. The number of halogens is 1. The zero-order valence-corrected chi connectivity index (χ0v) is 12.1. The monoisotopic (exact) mass is 306 g/mol. The minimum absolute atomic E-state index is 0.247. The van der Waals surface area contributed by atoms with Gasteiger partial charge in [0.15, 0.2) is 0 Å². The fourth-order valence-electron chi connectivity index (χ4n) is 2.09. The number of carbonyl (C=O) groups excluding carboxylic acids is 2. The molecule has 1 aliphatic heterocycles. The molecule has 2 rings (SSSR count). The number of benzene rings is 1. The smallest absolute Gasteiger partial charge is 0.313 e. The minimum atomic E-state index is -0.754. The molecular formula is C14H15ClN4O2. The predicted molar refractivity (Wildman–Crippen MR) is 78.9 cm³/mol. The van der Waals surface area contributed by atoms with E-state index in [0.717, 1.165) is 13.0 Å². The molecule has 0 radical (unpaired) electrons. The molecule has 1 aliphatic rings. The van der Waals surface area contributed by atoms with Crippen LogP contribution >= 0.6 is 11.6 Å². The molecule has 1 aromatic carbocycles. The Balaban J connectivity index is 2.08. The first kappa shape index (κ1) is 15.3. The first-order valence-electron chi connectivity index (χ1n) is 6.62. The van der Waals surface area contributed by atoms with E-state index >= 15 is 0 Å². The van der Waals surface area contributed by atoms with E-state index in [2.05, 4.69) is 10.6 Å². The Bertz CT molecular complexity index is 589. The van der Waals surface area contributed by atoms with E-state index in [9.17, 15) is 9.59 Å². The zero-order valence-electron chi connectivity index (χ0n) is 11.4. The van der Waals surface area contributed by atoms with Gasteiger partial charge in [-0.1, -0.05) is 11.6 Å². The van der Waals surface area contributed by atoms with Crippen molar-refractivity contribution >= 4 is 29.1 Å². The van der Waals surface area contributed by atoms with E-state index in [1.165, 1.54) is 17.0 Å². The van der Waals surface area contributed by atoms with Gasteiger partial charge in [-0.25, -0.2) is 0 Å². The Morgan fingerprint density at radius 2 is 2.14 bits per heavy atom. The Hall–Kier alpha value is -2.10. The predicted octanol–water partition coefficient (Wildman–Crippen LogP) is 0.972. The average molecular weight is 307 g/mol. The van der Waals surface area contributed by atoms with Gasteiger partial charge < -0.3 is 15.5 Å². The number of nitrogens with one attached hydrogen (secondary N) is 2. The number of amides is 2. The first-order chi connectivity index (χ1) is 10.1. The zero-order chi connectivity index (χ0) is 15.2. The molecule has 0 aliphatic carbocycles. The molecule has 0 spiro atoms. The number of nitriles is 1. The molecule has 1 heterocycles. The summed E-state index contributed by atoms with van der Waals surface area (Å²) in [7, 11) is 0. The van der Waals surface area contributed by atoms with Crippen LogP contribution in [0.3, 0.4) is 0 Å². The van der Waals surface area contributed by atoms with Gasteiger partial charge in [-0.15, -0.1) is 0 Å². The fraction of sp³-hybridized carbons (Fsp3) is 0.357. The van der Waals surface area contributed by atoms with Gasteiger partial charge in [0.05, 0.1) is 11.3 Å². The molecule has 1 fully saturated rings. The second-order valence-corrected chi connectivity index (χ2v) is 5.09. The average Bonchev–Trinajstić information content (AvgIpc) is 2.75. The maximum absolute atomic E-state index is 12.1. The highest BCUT2D eigenvalue weighted by Gasteiger charge is 2.23. The highest BCUT2D eigenvalue weighted by molar-refractivity contribution is 6.40. The van der Waals surface area contributed by atoms with E-state index in [-0.39, 0.29) is 11.3 Å². The molecule has 0 atom stereocenters. The summed E-state index contributed by atoms with van der Waals surface area (Å²) >= 11 is 5.84. The normalized spacial score (nSPS) is 15.0. The summed E-state index contributed by atoms with van der Waals surface area (Å²) in [5, 5.41) is 15.0. The Labute approximate surface area is 127 Å². The van der Waals surface area contributed by atoms with Crippen LogP contribution in [-0.4, -0.2) is 42.9 Å². The van der Waals surface area contributed by atoms with Gasteiger partial charge in [-0.2, -0.15) is 5.26 Å². The van der Waals surface area contributed by atoms with Crippen LogP contribution in [0.5, 0.6) is 0 Å². The maximum Gasteiger partial charge on any atom is 0.313 e. The Morgan fingerprint density at radius 1 is 1.33 bits per heavy atom. The topological polar surface area (TPSA) is 85.2 Å². The van der Waals surface area contributed by atoms with Crippen molar-refractivity contribution < 1.29 is 9.59 Å². The summed E-state index contributed by atoms with van der Waals surface area (Å²) in [6.45, 7) is 2.53. The van der Waals surface area contributed by atoms with Crippen LogP contribution in [0.2, 0.25) is 5.02 Å². The van der Waals surface area contributed by atoms with Crippen LogP contribution in [-0.2, 0) is 9.59 Å². The largest absolute Gasteiger partial charge is 0.333 e. The molecule has 2 amide bonds. The van der Waals surface area contributed by atoms with Gasteiger partial charge in [0, 0.05) is 24.7 Å². The van der Waals surface area contributed by atoms with Crippen molar-refractivity contribution in [3.8, 4) is 6.07 Å². The van der Waals surface area contributed by atoms with E-state index in [0.29, 0.717) is 24.7 Å². The van der Waals surface area contributed by atoms with Crippen molar-refractivity contribution in [2.45, 2.75) is 6.42 Å². The van der Waals surface area contributed by atoms with E-state index in [4.69, 9.17) is 16.9 Å². The molecule has 21 heavy (non-hydrogen) atoms. The molecule has 1 aromatic rings. The molecule has 0 unspecified atom stereocenters.